The fourth-order valence-corrected chi connectivity index (χ4v) is 4.59. The van der Waals surface area contributed by atoms with Crippen molar-refractivity contribution < 1.29 is 14.3 Å². The molecular weight excluding hydrogens is 400 g/mol. The summed E-state index contributed by atoms with van der Waals surface area (Å²) in [6.45, 7) is 8.84. The molecule has 0 saturated carbocycles. The molecule has 0 aromatic rings. The number of nitrogens with one attached hydrogen (secondary N) is 1. The van der Waals surface area contributed by atoms with Gasteiger partial charge in [0.2, 0.25) is 0 Å². The topological polar surface area (TPSA) is 50.8 Å². The van der Waals surface area contributed by atoms with E-state index in [2.05, 4.69) is 17.1 Å². The Kier molecular flexibility index (Phi) is 20.3. The van der Waals surface area contributed by atoms with Crippen molar-refractivity contribution in [3.63, 3.8) is 0 Å². The summed E-state index contributed by atoms with van der Waals surface area (Å²) in [6, 6.07) is 0. The molecule has 1 heterocycles. The predicted octanol–water partition coefficient (Wildman–Crippen LogP) is 6.45. The van der Waals surface area contributed by atoms with Crippen molar-refractivity contribution >= 4 is 5.97 Å². The van der Waals surface area contributed by atoms with Gasteiger partial charge in [0.05, 0.1) is 32.4 Å². The van der Waals surface area contributed by atoms with Gasteiger partial charge in [-0.25, -0.2) is 0 Å². The molecule has 1 aliphatic heterocycles. The first-order valence-electron chi connectivity index (χ1n) is 14.0. The van der Waals surface area contributed by atoms with Crippen LogP contribution in [0.2, 0.25) is 0 Å². The van der Waals surface area contributed by atoms with Crippen molar-refractivity contribution in [1.29, 1.82) is 0 Å². The van der Waals surface area contributed by atoms with Crippen LogP contribution < -0.4 is 5.32 Å². The summed E-state index contributed by atoms with van der Waals surface area (Å²) in [5, 5.41) is 3.63. The molecule has 5 nitrogen and oxygen atoms in total. The number of rotatable bonds is 23. The van der Waals surface area contributed by atoms with E-state index in [1.54, 1.807) is 0 Å². The fourth-order valence-electron chi connectivity index (χ4n) is 4.59. The second-order valence-electron chi connectivity index (χ2n) is 9.41. The van der Waals surface area contributed by atoms with Gasteiger partial charge in [0.25, 0.3) is 0 Å². The fraction of sp³-hybridized carbons (Fsp3) is 0.963. The lowest BCUT2D eigenvalue weighted by Gasteiger charge is -2.23. The van der Waals surface area contributed by atoms with E-state index in [0.29, 0.717) is 32.4 Å². The number of esters is 1. The van der Waals surface area contributed by atoms with Crippen LogP contribution >= 0.6 is 0 Å². The van der Waals surface area contributed by atoms with Gasteiger partial charge in [0, 0.05) is 19.6 Å². The molecule has 1 unspecified atom stereocenters. The Morgan fingerprint density at radius 2 is 1.38 bits per heavy atom. The molecule has 0 bridgehead atoms. The Morgan fingerprint density at radius 1 is 0.812 bits per heavy atom. The first kappa shape index (κ1) is 29.4. The first-order chi connectivity index (χ1) is 15.8. The van der Waals surface area contributed by atoms with Gasteiger partial charge in [-0.05, 0) is 13.3 Å². The summed E-state index contributed by atoms with van der Waals surface area (Å²) in [5.41, 5.74) is 0. The Morgan fingerprint density at radius 3 is 1.94 bits per heavy atom. The molecule has 0 spiro atoms. The maximum atomic E-state index is 11.3. The van der Waals surface area contributed by atoms with Gasteiger partial charge in [0.15, 0.2) is 0 Å². The van der Waals surface area contributed by atoms with Crippen molar-refractivity contribution in [3.8, 4) is 0 Å². The minimum absolute atomic E-state index is 0.165. The molecule has 1 saturated heterocycles. The third-order valence-corrected chi connectivity index (χ3v) is 6.58. The Bertz CT molecular complexity index is 420. The molecular formula is C27H54N2O3. The lowest BCUT2D eigenvalue weighted by Crippen LogP contribution is -2.37. The molecule has 0 radical (unpaired) electrons. The molecule has 1 N–H and O–H groups in total. The quantitative estimate of drug-likeness (QED) is 0.142. The largest absolute Gasteiger partial charge is 0.466 e. The average molecular weight is 455 g/mol. The Labute approximate surface area is 199 Å². The van der Waals surface area contributed by atoms with Crippen LogP contribution in [0.15, 0.2) is 0 Å². The molecule has 0 aromatic carbocycles. The molecule has 1 rings (SSSR count). The summed E-state index contributed by atoms with van der Waals surface area (Å²) in [6.07, 6.45) is 23.4. The molecule has 1 fully saturated rings. The average Bonchev–Trinajstić information content (AvgIpc) is 3.23. The Balaban J connectivity index is 1.85. The summed E-state index contributed by atoms with van der Waals surface area (Å²) >= 11 is 0. The summed E-state index contributed by atoms with van der Waals surface area (Å²) in [7, 11) is 0. The van der Waals surface area contributed by atoms with E-state index in [0.717, 1.165) is 19.6 Å². The lowest BCUT2D eigenvalue weighted by molar-refractivity contribution is -0.144. The van der Waals surface area contributed by atoms with Crippen LogP contribution in [-0.2, 0) is 14.3 Å². The second-order valence-corrected chi connectivity index (χ2v) is 9.41. The summed E-state index contributed by atoms with van der Waals surface area (Å²) in [4.78, 5) is 13.8. The summed E-state index contributed by atoms with van der Waals surface area (Å²) in [5.74, 6) is -0.165. The molecule has 0 amide bonds. The van der Waals surface area contributed by atoms with Crippen molar-refractivity contribution in [2.45, 2.75) is 129 Å². The maximum absolute atomic E-state index is 11.3. The number of carbonyl (C=O) groups is 1. The van der Waals surface area contributed by atoms with E-state index < -0.39 is 0 Å². The van der Waals surface area contributed by atoms with E-state index in [9.17, 15) is 4.79 Å². The van der Waals surface area contributed by atoms with Crippen LogP contribution in [-0.4, -0.2) is 56.5 Å². The highest BCUT2D eigenvalue weighted by Gasteiger charge is 2.22. The van der Waals surface area contributed by atoms with E-state index in [4.69, 9.17) is 9.47 Å². The van der Waals surface area contributed by atoms with Gasteiger partial charge < -0.3 is 14.8 Å². The van der Waals surface area contributed by atoms with Gasteiger partial charge in [-0.15, -0.1) is 0 Å². The smallest absolute Gasteiger partial charge is 0.308 e. The normalized spacial score (nSPS) is 16.6. The van der Waals surface area contributed by atoms with Gasteiger partial charge in [-0.1, -0.05) is 103 Å². The number of carbonyl (C=O) groups excluding carboxylic acids is 1. The van der Waals surface area contributed by atoms with Crippen molar-refractivity contribution in [1.82, 2.24) is 10.2 Å². The zero-order valence-corrected chi connectivity index (χ0v) is 21.5. The van der Waals surface area contributed by atoms with E-state index in [1.807, 2.05) is 6.92 Å². The van der Waals surface area contributed by atoms with Crippen LogP contribution in [0.5, 0.6) is 0 Å². The third-order valence-electron chi connectivity index (χ3n) is 6.58. The number of unbranched alkanes of at least 4 members (excludes halogenated alkanes) is 14. The monoisotopic (exact) mass is 454 g/mol. The van der Waals surface area contributed by atoms with Crippen molar-refractivity contribution in [2.24, 2.45) is 0 Å². The predicted molar refractivity (Wildman–Crippen MR) is 135 cm³/mol. The first-order valence-corrected chi connectivity index (χ1v) is 14.0. The van der Waals surface area contributed by atoms with Gasteiger partial charge in [0.1, 0.15) is 0 Å². The zero-order chi connectivity index (χ0) is 23.1. The highest BCUT2D eigenvalue weighted by Crippen LogP contribution is 2.15. The van der Waals surface area contributed by atoms with Crippen LogP contribution in [0, 0.1) is 0 Å². The Hall–Kier alpha value is -0.650. The summed E-state index contributed by atoms with van der Waals surface area (Å²) < 4.78 is 10.5. The lowest BCUT2D eigenvalue weighted by atomic mass is 10.0. The maximum Gasteiger partial charge on any atom is 0.308 e. The number of nitrogens with zero attached hydrogens (tertiary/aromatic N) is 1. The van der Waals surface area contributed by atoms with Gasteiger partial charge >= 0.3 is 5.97 Å². The molecule has 5 heteroatoms. The van der Waals surface area contributed by atoms with Crippen LogP contribution in [0.25, 0.3) is 0 Å². The minimum atomic E-state index is -0.165. The van der Waals surface area contributed by atoms with E-state index in [-0.39, 0.29) is 5.97 Å². The second kappa shape index (κ2) is 22.2. The molecule has 32 heavy (non-hydrogen) atoms. The van der Waals surface area contributed by atoms with E-state index >= 15 is 0 Å². The van der Waals surface area contributed by atoms with E-state index in [1.165, 1.54) is 103 Å². The van der Waals surface area contributed by atoms with Gasteiger partial charge in [-0.3, -0.25) is 9.69 Å². The van der Waals surface area contributed by atoms with Crippen LogP contribution in [0.1, 0.15) is 123 Å². The van der Waals surface area contributed by atoms with Crippen molar-refractivity contribution in [3.05, 3.63) is 0 Å². The zero-order valence-electron chi connectivity index (χ0n) is 21.5. The number of hydrogen-bond acceptors (Lipinski definition) is 5. The number of ether oxygens (including phenoxy) is 2. The highest BCUT2D eigenvalue weighted by molar-refractivity contribution is 5.69. The van der Waals surface area contributed by atoms with Crippen LogP contribution in [0.3, 0.4) is 0 Å². The SMILES string of the molecule is CCCCCCCCCCCCCCCCCC1NCCN1CCOCCC(=O)OCC. The molecule has 1 aliphatic rings. The van der Waals surface area contributed by atoms with Crippen LogP contribution in [0.4, 0.5) is 0 Å². The highest BCUT2D eigenvalue weighted by atomic mass is 16.5. The third kappa shape index (κ3) is 16.9. The van der Waals surface area contributed by atoms with Gasteiger partial charge in [-0.2, -0.15) is 0 Å². The molecule has 1 atom stereocenters. The molecule has 0 aromatic heterocycles. The standard InChI is InChI=1S/C27H54N2O3/c1-3-5-6-7-8-9-10-11-12-13-14-15-16-17-18-19-26-28-21-22-29(26)23-25-31-24-20-27(30)32-4-2/h26,28H,3-25H2,1-2H3. The minimum Gasteiger partial charge on any atom is -0.466 e. The van der Waals surface area contributed by atoms with Crippen molar-refractivity contribution in [2.75, 3.05) is 39.5 Å². The molecule has 0 aliphatic carbocycles. The number of hydrogen-bond donors (Lipinski definition) is 1. The molecule has 190 valence electrons.